The van der Waals surface area contributed by atoms with Crippen LogP contribution in [0.15, 0.2) is 48.7 Å². The number of aliphatic hydroxyl groups is 1. The molecule has 0 aliphatic heterocycles. The molecule has 1 aromatic heterocycles. The van der Waals surface area contributed by atoms with E-state index in [2.05, 4.69) is 4.98 Å². The number of amides is 1. The van der Waals surface area contributed by atoms with Crippen LogP contribution in [0.25, 0.3) is 11.1 Å². The summed E-state index contributed by atoms with van der Waals surface area (Å²) in [6.07, 6.45) is 0.905. The second kappa shape index (κ2) is 10.8. The molecule has 2 aromatic carbocycles. The summed E-state index contributed by atoms with van der Waals surface area (Å²) in [5.74, 6) is -0.308. The van der Waals surface area contributed by atoms with E-state index in [-0.39, 0.29) is 40.7 Å². The van der Waals surface area contributed by atoms with E-state index in [4.69, 9.17) is 38.8 Å². The van der Waals surface area contributed by atoms with Crippen LogP contribution in [-0.2, 0) is 0 Å². The van der Waals surface area contributed by atoms with Gasteiger partial charge in [0.15, 0.2) is 11.6 Å². The summed E-state index contributed by atoms with van der Waals surface area (Å²) >= 11 is 12.3. The second-order valence-corrected chi connectivity index (χ2v) is 8.10. The number of halogens is 3. The maximum absolute atomic E-state index is 13.9. The first-order valence-corrected chi connectivity index (χ1v) is 11.1. The SMILES string of the molecule is CCN(CCO)C(=O)c1ccc(-c2cnc(N)c(OC(C)c3c(Cl)ccc(F)c3Cl)c2)cc1. The molecule has 174 valence electrons. The average Bonchev–Trinajstić information content (AvgIpc) is 2.81. The number of nitrogen functional groups attached to an aromatic ring is 1. The molecule has 1 unspecified atom stereocenters. The fraction of sp³-hybridized carbons (Fsp3) is 0.250. The van der Waals surface area contributed by atoms with Gasteiger partial charge in [0.2, 0.25) is 0 Å². The van der Waals surface area contributed by atoms with Gasteiger partial charge in [-0.3, -0.25) is 4.79 Å². The van der Waals surface area contributed by atoms with Crippen molar-refractivity contribution in [1.29, 1.82) is 0 Å². The average molecular weight is 492 g/mol. The van der Waals surface area contributed by atoms with E-state index in [9.17, 15) is 9.18 Å². The minimum absolute atomic E-state index is 0.0952. The van der Waals surface area contributed by atoms with Gasteiger partial charge in [-0.1, -0.05) is 35.3 Å². The first-order valence-electron chi connectivity index (χ1n) is 10.3. The number of pyridine rings is 1. The Morgan fingerprint density at radius 3 is 2.55 bits per heavy atom. The Balaban J connectivity index is 1.85. The van der Waals surface area contributed by atoms with E-state index in [1.807, 2.05) is 6.92 Å². The van der Waals surface area contributed by atoms with Crippen LogP contribution >= 0.6 is 23.2 Å². The third kappa shape index (κ3) is 5.55. The molecule has 6 nitrogen and oxygen atoms in total. The Morgan fingerprint density at radius 2 is 1.91 bits per heavy atom. The van der Waals surface area contributed by atoms with Gasteiger partial charge < -0.3 is 20.5 Å². The van der Waals surface area contributed by atoms with Crippen molar-refractivity contribution in [1.82, 2.24) is 9.88 Å². The molecule has 1 amide bonds. The maximum Gasteiger partial charge on any atom is 0.253 e. The number of hydrogen-bond acceptors (Lipinski definition) is 5. The number of hydrogen-bond donors (Lipinski definition) is 2. The van der Waals surface area contributed by atoms with Gasteiger partial charge in [0.05, 0.1) is 11.6 Å². The molecule has 3 N–H and O–H groups in total. The summed E-state index contributed by atoms with van der Waals surface area (Å²) in [5.41, 5.74) is 8.33. The fourth-order valence-corrected chi connectivity index (χ4v) is 4.06. The number of aliphatic hydroxyl groups excluding tert-OH is 1. The molecular weight excluding hydrogens is 468 g/mol. The largest absolute Gasteiger partial charge is 0.482 e. The maximum atomic E-state index is 13.9. The van der Waals surface area contributed by atoms with Gasteiger partial charge in [-0.15, -0.1) is 0 Å². The van der Waals surface area contributed by atoms with Gasteiger partial charge in [0, 0.05) is 41.0 Å². The van der Waals surface area contributed by atoms with Crippen LogP contribution in [0.2, 0.25) is 10.0 Å². The Kier molecular flexibility index (Phi) is 8.13. The van der Waals surface area contributed by atoms with Crippen LogP contribution in [0.3, 0.4) is 0 Å². The zero-order chi connectivity index (χ0) is 24.1. The number of ether oxygens (including phenoxy) is 1. The lowest BCUT2D eigenvalue weighted by molar-refractivity contribution is 0.0732. The van der Waals surface area contributed by atoms with E-state index < -0.39 is 11.9 Å². The van der Waals surface area contributed by atoms with Crippen molar-refractivity contribution in [2.45, 2.75) is 20.0 Å². The zero-order valence-corrected chi connectivity index (χ0v) is 19.7. The number of nitrogens with zero attached hydrogens (tertiary/aromatic N) is 2. The lowest BCUT2D eigenvalue weighted by Gasteiger charge is -2.20. The fourth-order valence-electron chi connectivity index (χ4n) is 3.38. The number of anilines is 1. The number of nitrogens with two attached hydrogens (primary N) is 1. The van der Waals surface area contributed by atoms with Crippen LogP contribution in [0.5, 0.6) is 5.75 Å². The molecule has 0 radical (unpaired) electrons. The third-order valence-corrected chi connectivity index (χ3v) is 5.89. The minimum Gasteiger partial charge on any atom is -0.482 e. The molecule has 9 heteroatoms. The predicted molar refractivity (Wildman–Crippen MR) is 128 cm³/mol. The predicted octanol–water partition coefficient (Wildman–Crippen LogP) is 5.37. The zero-order valence-electron chi connectivity index (χ0n) is 18.2. The Morgan fingerprint density at radius 1 is 1.21 bits per heavy atom. The molecule has 3 aromatic rings. The molecule has 0 aliphatic rings. The topological polar surface area (TPSA) is 88.7 Å². The number of aromatic nitrogens is 1. The first-order chi connectivity index (χ1) is 15.8. The van der Waals surface area contributed by atoms with Crippen LogP contribution in [-0.4, -0.2) is 40.6 Å². The highest BCUT2D eigenvalue weighted by Gasteiger charge is 2.20. The third-order valence-electron chi connectivity index (χ3n) is 5.18. The number of likely N-dealkylation sites (N-methyl/N-ethyl adjacent to an activating group) is 1. The van der Waals surface area contributed by atoms with E-state index in [1.54, 1.807) is 48.4 Å². The number of benzene rings is 2. The van der Waals surface area contributed by atoms with Crippen molar-refractivity contribution >= 4 is 34.9 Å². The molecule has 1 atom stereocenters. The van der Waals surface area contributed by atoms with E-state index in [0.717, 1.165) is 5.56 Å². The Hall–Kier alpha value is -2.87. The lowest BCUT2D eigenvalue weighted by Crippen LogP contribution is -2.33. The van der Waals surface area contributed by atoms with Crippen LogP contribution in [0, 0.1) is 5.82 Å². The Bertz CT molecular complexity index is 1140. The van der Waals surface area contributed by atoms with Gasteiger partial charge in [-0.2, -0.15) is 0 Å². The standard InChI is InChI=1S/C24H24Cl2FN3O3/c1-3-30(10-11-31)24(32)16-6-4-15(5-7-16)17-12-20(23(28)29-13-17)33-14(2)21-18(25)8-9-19(27)22(21)26/h4-9,12-14,31H,3,10-11H2,1-2H3,(H2,28,29). The highest BCUT2D eigenvalue weighted by Crippen LogP contribution is 2.37. The summed E-state index contributed by atoms with van der Waals surface area (Å²) in [7, 11) is 0. The normalized spacial score (nSPS) is 11.8. The number of rotatable bonds is 8. The monoisotopic (exact) mass is 491 g/mol. The molecule has 0 bridgehead atoms. The number of carbonyl (C=O) groups excluding carboxylic acids is 1. The van der Waals surface area contributed by atoms with Crippen molar-refractivity contribution in [3.05, 3.63) is 75.7 Å². The smallest absolute Gasteiger partial charge is 0.253 e. The summed E-state index contributed by atoms with van der Waals surface area (Å²) in [6, 6.07) is 11.3. The highest BCUT2D eigenvalue weighted by molar-refractivity contribution is 6.36. The summed E-state index contributed by atoms with van der Waals surface area (Å²) < 4.78 is 19.8. The van der Waals surface area contributed by atoms with Crippen molar-refractivity contribution in [2.75, 3.05) is 25.4 Å². The molecule has 1 heterocycles. The van der Waals surface area contributed by atoms with Crippen LogP contribution in [0.4, 0.5) is 10.2 Å². The molecule has 0 saturated carbocycles. The van der Waals surface area contributed by atoms with Crippen molar-refractivity contribution in [3.63, 3.8) is 0 Å². The summed E-state index contributed by atoms with van der Waals surface area (Å²) in [5, 5.41) is 9.29. The molecule has 0 fully saturated rings. The molecule has 33 heavy (non-hydrogen) atoms. The lowest BCUT2D eigenvalue weighted by atomic mass is 10.0. The molecule has 0 aliphatic carbocycles. The van der Waals surface area contributed by atoms with Gasteiger partial charge in [-0.05, 0) is 49.7 Å². The molecular formula is C24H24Cl2FN3O3. The quantitative estimate of drug-likeness (QED) is 0.413. The highest BCUT2D eigenvalue weighted by atomic mass is 35.5. The van der Waals surface area contributed by atoms with Gasteiger partial charge in [-0.25, -0.2) is 9.37 Å². The molecule has 0 spiro atoms. The Labute approximate surface area is 201 Å². The van der Waals surface area contributed by atoms with E-state index >= 15 is 0 Å². The first kappa shape index (κ1) is 24.8. The molecule has 3 rings (SSSR count). The van der Waals surface area contributed by atoms with Crippen LogP contribution < -0.4 is 10.5 Å². The number of carbonyl (C=O) groups is 1. The minimum atomic E-state index is -0.688. The van der Waals surface area contributed by atoms with E-state index in [0.29, 0.717) is 23.2 Å². The van der Waals surface area contributed by atoms with Crippen molar-refractivity contribution in [3.8, 4) is 16.9 Å². The van der Waals surface area contributed by atoms with Crippen molar-refractivity contribution < 1.29 is 19.0 Å². The van der Waals surface area contributed by atoms with E-state index in [1.165, 1.54) is 12.1 Å². The van der Waals surface area contributed by atoms with Gasteiger partial charge in [0.1, 0.15) is 11.9 Å². The van der Waals surface area contributed by atoms with Crippen molar-refractivity contribution in [2.24, 2.45) is 0 Å². The summed E-state index contributed by atoms with van der Waals surface area (Å²) in [6.45, 7) is 4.22. The van der Waals surface area contributed by atoms with Gasteiger partial charge in [0.25, 0.3) is 5.91 Å². The molecule has 0 saturated heterocycles. The summed E-state index contributed by atoms with van der Waals surface area (Å²) in [4.78, 5) is 18.3. The van der Waals surface area contributed by atoms with Crippen LogP contribution in [0.1, 0.15) is 35.9 Å². The van der Waals surface area contributed by atoms with Gasteiger partial charge >= 0.3 is 0 Å². The second-order valence-electron chi connectivity index (χ2n) is 7.31.